The van der Waals surface area contributed by atoms with Gasteiger partial charge >= 0.3 is 0 Å². The monoisotopic (exact) mass is 402 g/mol. The number of carbonyl (C=O) groups excluding carboxylic acids is 1. The van der Waals surface area contributed by atoms with Crippen molar-refractivity contribution in [1.29, 1.82) is 0 Å². The number of nitrogens with zero attached hydrogens (tertiary/aromatic N) is 2. The van der Waals surface area contributed by atoms with Crippen LogP contribution in [-0.2, 0) is 6.54 Å². The Balaban J connectivity index is 1.80. The first-order valence-corrected chi connectivity index (χ1v) is 9.88. The van der Waals surface area contributed by atoms with Gasteiger partial charge in [0.25, 0.3) is 5.91 Å². The molecule has 0 aliphatic heterocycles. The molecule has 1 aromatic heterocycles. The molecule has 3 aromatic rings. The van der Waals surface area contributed by atoms with Crippen LogP contribution in [0.5, 0.6) is 5.75 Å². The van der Waals surface area contributed by atoms with Crippen molar-refractivity contribution in [3.05, 3.63) is 89.2 Å². The summed E-state index contributed by atoms with van der Waals surface area (Å²) in [4.78, 5) is 21.6. The van der Waals surface area contributed by atoms with E-state index < -0.39 is 0 Å². The predicted molar refractivity (Wildman–Crippen MR) is 120 cm³/mol. The number of hydrogen-bond acceptors (Lipinski definition) is 4. The number of rotatable bonds is 6. The molecule has 0 unspecified atom stereocenters. The number of pyridine rings is 1. The first-order valence-electron chi connectivity index (χ1n) is 9.88. The maximum absolute atomic E-state index is 12.8. The second-order valence-electron chi connectivity index (χ2n) is 6.84. The average molecular weight is 402 g/mol. The van der Waals surface area contributed by atoms with Crippen LogP contribution >= 0.6 is 0 Å². The van der Waals surface area contributed by atoms with Gasteiger partial charge in [0.1, 0.15) is 5.75 Å². The van der Waals surface area contributed by atoms with Gasteiger partial charge in [-0.1, -0.05) is 18.2 Å². The Morgan fingerprint density at radius 1 is 1.07 bits per heavy atom. The highest BCUT2D eigenvalue weighted by molar-refractivity contribution is 6.10. The topological polar surface area (TPSA) is 75.6 Å². The van der Waals surface area contributed by atoms with E-state index in [0.29, 0.717) is 24.7 Å². The molecule has 154 valence electrons. The number of hydrogen-bond donors (Lipinski definition) is 2. The van der Waals surface area contributed by atoms with E-state index in [4.69, 9.17) is 4.74 Å². The molecule has 0 spiro atoms. The Morgan fingerprint density at radius 2 is 1.87 bits per heavy atom. The van der Waals surface area contributed by atoms with Crippen LogP contribution in [0.4, 0.5) is 5.69 Å². The van der Waals surface area contributed by atoms with Crippen molar-refractivity contribution in [3.8, 4) is 5.75 Å². The molecule has 30 heavy (non-hydrogen) atoms. The SMILES string of the molecule is CCOc1ccc(C(=O)NC(=NCc2ccccn2)Nc2cc(C)ccc2C)cc1. The lowest BCUT2D eigenvalue weighted by atomic mass is 10.1. The van der Waals surface area contributed by atoms with Crippen LogP contribution in [0.25, 0.3) is 0 Å². The third kappa shape index (κ3) is 5.91. The van der Waals surface area contributed by atoms with Gasteiger partial charge in [0.05, 0.1) is 18.8 Å². The minimum absolute atomic E-state index is 0.254. The first-order chi connectivity index (χ1) is 14.5. The van der Waals surface area contributed by atoms with Gasteiger partial charge < -0.3 is 10.1 Å². The smallest absolute Gasteiger partial charge is 0.257 e. The van der Waals surface area contributed by atoms with E-state index >= 15 is 0 Å². The van der Waals surface area contributed by atoms with E-state index in [2.05, 4.69) is 20.6 Å². The zero-order chi connectivity index (χ0) is 21.3. The van der Waals surface area contributed by atoms with Gasteiger partial charge in [0, 0.05) is 17.4 Å². The highest BCUT2D eigenvalue weighted by atomic mass is 16.5. The zero-order valence-corrected chi connectivity index (χ0v) is 17.5. The number of amides is 1. The summed E-state index contributed by atoms with van der Waals surface area (Å²) >= 11 is 0. The number of anilines is 1. The van der Waals surface area contributed by atoms with E-state index in [-0.39, 0.29) is 5.91 Å². The fourth-order valence-corrected chi connectivity index (χ4v) is 2.81. The molecule has 0 bridgehead atoms. The van der Waals surface area contributed by atoms with Gasteiger partial charge in [-0.15, -0.1) is 0 Å². The lowest BCUT2D eigenvalue weighted by molar-refractivity contribution is 0.0977. The molecule has 1 heterocycles. The van der Waals surface area contributed by atoms with E-state index in [0.717, 1.165) is 28.3 Å². The fraction of sp³-hybridized carbons (Fsp3) is 0.208. The van der Waals surface area contributed by atoms with Crippen molar-refractivity contribution in [3.63, 3.8) is 0 Å². The molecule has 0 fully saturated rings. The molecule has 3 rings (SSSR count). The average Bonchev–Trinajstić information content (AvgIpc) is 2.76. The summed E-state index contributed by atoms with van der Waals surface area (Å²) in [5.41, 5.74) is 4.40. The minimum Gasteiger partial charge on any atom is -0.494 e. The van der Waals surface area contributed by atoms with Gasteiger partial charge in [-0.3, -0.25) is 15.1 Å². The Hall–Kier alpha value is -3.67. The molecule has 6 nitrogen and oxygen atoms in total. The van der Waals surface area contributed by atoms with Crippen LogP contribution in [0.15, 0.2) is 71.9 Å². The van der Waals surface area contributed by atoms with E-state index in [1.54, 1.807) is 30.5 Å². The van der Waals surface area contributed by atoms with Gasteiger partial charge in [0.15, 0.2) is 0 Å². The quantitative estimate of drug-likeness (QED) is 0.470. The molecule has 2 N–H and O–H groups in total. The molecular weight excluding hydrogens is 376 g/mol. The number of carbonyl (C=O) groups is 1. The summed E-state index contributed by atoms with van der Waals surface area (Å²) < 4.78 is 5.44. The summed E-state index contributed by atoms with van der Waals surface area (Å²) in [6.45, 7) is 6.87. The largest absolute Gasteiger partial charge is 0.494 e. The Morgan fingerprint density at radius 3 is 2.57 bits per heavy atom. The Bertz CT molecular complexity index is 1020. The maximum atomic E-state index is 12.8. The standard InChI is InChI=1S/C24H26N4O2/c1-4-30-21-12-10-19(11-13-21)23(29)28-24(26-16-20-7-5-6-14-25-20)27-22-15-17(2)8-9-18(22)3/h5-15H,4,16H2,1-3H3,(H2,26,27,28,29). The van der Waals surface area contributed by atoms with E-state index in [1.165, 1.54) is 0 Å². The lowest BCUT2D eigenvalue weighted by Gasteiger charge is -2.14. The summed E-state index contributed by atoms with van der Waals surface area (Å²) in [6, 6.07) is 18.8. The molecule has 0 saturated carbocycles. The predicted octanol–water partition coefficient (Wildman–Crippen LogP) is 4.50. The molecule has 0 aliphatic carbocycles. The van der Waals surface area contributed by atoms with Crippen molar-refractivity contribution < 1.29 is 9.53 Å². The molecule has 0 aliphatic rings. The third-order valence-electron chi connectivity index (χ3n) is 4.43. The van der Waals surface area contributed by atoms with E-state index in [9.17, 15) is 4.79 Å². The van der Waals surface area contributed by atoms with Crippen LogP contribution in [0, 0.1) is 13.8 Å². The van der Waals surface area contributed by atoms with Crippen LogP contribution in [0.1, 0.15) is 34.1 Å². The maximum Gasteiger partial charge on any atom is 0.257 e. The van der Waals surface area contributed by atoms with Crippen molar-refractivity contribution in [2.24, 2.45) is 4.99 Å². The molecule has 1 amide bonds. The number of nitrogens with one attached hydrogen (secondary N) is 2. The molecule has 0 saturated heterocycles. The van der Waals surface area contributed by atoms with Crippen LogP contribution < -0.4 is 15.4 Å². The summed E-state index contributed by atoms with van der Waals surface area (Å²) in [5, 5.41) is 6.14. The third-order valence-corrected chi connectivity index (χ3v) is 4.43. The van der Waals surface area contributed by atoms with Crippen LogP contribution in [0.3, 0.4) is 0 Å². The number of aliphatic imine (C=N–C) groups is 1. The van der Waals surface area contributed by atoms with Crippen molar-refractivity contribution in [2.75, 3.05) is 11.9 Å². The normalized spacial score (nSPS) is 11.1. The number of aryl methyl sites for hydroxylation is 2. The highest BCUT2D eigenvalue weighted by Crippen LogP contribution is 2.17. The van der Waals surface area contributed by atoms with Gasteiger partial charge in [-0.2, -0.15) is 0 Å². The second-order valence-corrected chi connectivity index (χ2v) is 6.84. The molecule has 6 heteroatoms. The Labute approximate surface area is 177 Å². The Kier molecular flexibility index (Phi) is 7.16. The highest BCUT2D eigenvalue weighted by Gasteiger charge is 2.11. The van der Waals surface area contributed by atoms with Crippen molar-refractivity contribution >= 4 is 17.6 Å². The fourth-order valence-electron chi connectivity index (χ4n) is 2.81. The van der Waals surface area contributed by atoms with Crippen molar-refractivity contribution in [2.45, 2.75) is 27.3 Å². The first kappa shape index (κ1) is 21.0. The molecule has 0 radical (unpaired) electrons. The molecular formula is C24H26N4O2. The van der Waals surface area contributed by atoms with Gasteiger partial charge in [-0.25, -0.2) is 4.99 Å². The number of aromatic nitrogens is 1. The lowest BCUT2D eigenvalue weighted by Crippen LogP contribution is -2.36. The molecule has 2 aromatic carbocycles. The van der Waals surface area contributed by atoms with Gasteiger partial charge in [-0.05, 0) is 74.4 Å². The second kappa shape index (κ2) is 10.2. The summed E-state index contributed by atoms with van der Waals surface area (Å²) in [7, 11) is 0. The zero-order valence-electron chi connectivity index (χ0n) is 17.5. The summed E-state index contributed by atoms with van der Waals surface area (Å²) in [5.74, 6) is 0.843. The summed E-state index contributed by atoms with van der Waals surface area (Å²) in [6.07, 6.45) is 1.72. The minimum atomic E-state index is -0.254. The van der Waals surface area contributed by atoms with Crippen molar-refractivity contribution in [1.82, 2.24) is 10.3 Å². The number of benzene rings is 2. The number of ether oxygens (including phenoxy) is 1. The van der Waals surface area contributed by atoms with Crippen LogP contribution in [0.2, 0.25) is 0 Å². The van der Waals surface area contributed by atoms with E-state index in [1.807, 2.05) is 57.2 Å². The molecule has 0 atom stereocenters. The number of guanidine groups is 1. The van der Waals surface area contributed by atoms with Gasteiger partial charge in [0.2, 0.25) is 5.96 Å². The van der Waals surface area contributed by atoms with Crippen LogP contribution in [-0.4, -0.2) is 23.5 Å².